The molecule has 0 aliphatic heterocycles. The van der Waals surface area contributed by atoms with Crippen LogP contribution in [0.2, 0.25) is 0 Å². The number of halogens is 1. The first kappa shape index (κ1) is 20.1. The van der Waals surface area contributed by atoms with E-state index in [-0.39, 0.29) is 30.5 Å². The van der Waals surface area contributed by atoms with Crippen molar-refractivity contribution in [3.63, 3.8) is 0 Å². The Bertz CT molecular complexity index is 848. The van der Waals surface area contributed by atoms with Gasteiger partial charge in [-0.3, -0.25) is 4.79 Å². The van der Waals surface area contributed by atoms with E-state index in [0.717, 1.165) is 6.26 Å². The molecule has 26 heavy (non-hydrogen) atoms. The molecule has 0 aliphatic rings. The number of alkyl halides is 1. The molecule has 0 saturated carbocycles. The molecule has 0 fully saturated rings. The maximum atomic E-state index is 12.4. The minimum atomic E-state index is -3.72. The van der Waals surface area contributed by atoms with Crippen LogP contribution in [-0.2, 0) is 28.0 Å². The molecule has 1 atom stereocenters. The molecule has 1 amide bonds. The van der Waals surface area contributed by atoms with E-state index in [1.807, 2.05) is 0 Å². The monoisotopic (exact) mass is 401 g/mol. The highest BCUT2D eigenvalue weighted by molar-refractivity contribution is 7.86. The molecule has 7 nitrogen and oxygen atoms in total. The largest absolute Gasteiger partial charge is 0.493 e. The Morgan fingerprint density at radius 3 is 2.54 bits per heavy atom. The van der Waals surface area contributed by atoms with Gasteiger partial charge in [0.2, 0.25) is 5.91 Å². The summed E-state index contributed by atoms with van der Waals surface area (Å²) in [5.41, 5.74) is 0.654. The first-order chi connectivity index (χ1) is 12.2. The summed E-state index contributed by atoms with van der Waals surface area (Å²) in [7, 11) is -2.31. The number of carbonyl (C=O) groups is 1. The molecule has 0 aliphatic carbocycles. The smallest absolute Gasteiger partial charge is 0.306 e. The van der Waals surface area contributed by atoms with Gasteiger partial charge in [-0.2, -0.15) is 8.42 Å². The van der Waals surface area contributed by atoms with Crippen LogP contribution >= 0.6 is 11.6 Å². The van der Waals surface area contributed by atoms with E-state index in [2.05, 4.69) is 0 Å². The lowest BCUT2D eigenvalue weighted by Gasteiger charge is -2.23. The molecule has 1 aromatic carbocycles. The van der Waals surface area contributed by atoms with E-state index in [0.29, 0.717) is 11.3 Å². The fourth-order valence-electron chi connectivity index (χ4n) is 2.32. The Hall–Kier alpha value is -2.19. The number of carbonyl (C=O) groups excluding carboxylic acids is 1. The summed E-state index contributed by atoms with van der Waals surface area (Å²) >= 11 is 5.95. The zero-order valence-corrected chi connectivity index (χ0v) is 16.2. The van der Waals surface area contributed by atoms with Crippen LogP contribution in [0.3, 0.4) is 0 Å². The number of furan rings is 1. The van der Waals surface area contributed by atoms with E-state index < -0.39 is 15.5 Å². The number of hydrogen-bond donors (Lipinski definition) is 0. The van der Waals surface area contributed by atoms with Gasteiger partial charge in [0.05, 0.1) is 26.2 Å². The van der Waals surface area contributed by atoms with Crippen molar-refractivity contribution in [3.8, 4) is 11.5 Å². The van der Waals surface area contributed by atoms with Crippen LogP contribution < -0.4 is 8.92 Å². The van der Waals surface area contributed by atoms with Crippen molar-refractivity contribution in [3.05, 3.63) is 47.9 Å². The number of rotatable bonds is 8. The van der Waals surface area contributed by atoms with Gasteiger partial charge in [0.25, 0.3) is 0 Å². The third-order valence-corrected chi connectivity index (χ3v) is 4.09. The SMILES string of the molecule is COc1ccc(CN(Cc2ccco2)C(=O)C(C)Cl)cc1OS(C)(=O)=O. The second kappa shape index (κ2) is 8.46. The normalized spacial score (nSPS) is 12.5. The van der Waals surface area contributed by atoms with Crippen LogP contribution in [0, 0.1) is 0 Å². The highest BCUT2D eigenvalue weighted by atomic mass is 35.5. The van der Waals surface area contributed by atoms with E-state index in [4.69, 9.17) is 24.9 Å². The number of nitrogens with zero attached hydrogens (tertiary/aromatic N) is 1. The van der Waals surface area contributed by atoms with Gasteiger partial charge in [-0.05, 0) is 36.8 Å². The molecule has 142 valence electrons. The third-order valence-electron chi connectivity index (χ3n) is 3.42. The molecular weight excluding hydrogens is 382 g/mol. The molecule has 1 heterocycles. The Balaban J connectivity index is 2.29. The molecule has 0 saturated heterocycles. The maximum Gasteiger partial charge on any atom is 0.306 e. The van der Waals surface area contributed by atoms with Gasteiger partial charge in [0, 0.05) is 6.54 Å². The molecule has 0 radical (unpaired) electrons. The van der Waals surface area contributed by atoms with Gasteiger partial charge in [0.15, 0.2) is 11.5 Å². The lowest BCUT2D eigenvalue weighted by molar-refractivity contribution is -0.132. The van der Waals surface area contributed by atoms with Crippen molar-refractivity contribution < 1.29 is 26.5 Å². The second-order valence-corrected chi connectivity index (χ2v) is 7.89. The standard InChI is InChI=1S/C17H20ClNO6S/c1-12(18)17(20)19(11-14-5-4-8-24-14)10-13-6-7-15(23-2)16(9-13)25-26(3,21)22/h4-9,12H,10-11H2,1-3H3. The average molecular weight is 402 g/mol. The summed E-state index contributed by atoms with van der Waals surface area (Å²) in [6.45, 7) is 2.02. The Labute approximate surface area is 157 Å². The van der Waals surface area contributed by atoms with Gasteiger partial charge in [-0.1, -0.05) is 6.07 Å². The van der Waals surface area contributed by atoms with Gasteiger partial charge in [-0.25, -0.2) is 0 Å². The fraction of sp³-hybridized carbons (Fsp3) is 0.353. The van der Waals surface area contributed by atoms with Crippen LogP contribution in [-0.4, -0.2) is 38.0 Å². The molecule has 1 unspecified atom stereocenters. The van der Waals surface area contributed by atoms with E-state index in [1.54, 1.807) is 31.2 Å². The summed E-state index contributed by atoms with van der Waals surface area (Å²) in [5, 5.41) is -0.713. The number of ether oxygens (including phenoxy) is 1. The minimum absolute atomic E-state index is 0.0526. The molecule has 2 rings (SSSR count). The van der Waals surface area contributed by atoms with E-state index in [9.17, 15) is 13.2 Å². The Morgan fingerprint density at radius 1 is 1.27 bits per heavy atom. The van der Waals surface area contributed by atoms with Crippen molar-refractivity contribution >= 4 is 27.6 Å². The van der Waals surface area contributed by atoms with Crippen LogP contribution in [0.15, 0.2) is 41.0 Å². The summed E-state index contributed by atoms with van der Waals surface area (Å²) in [6.07, 6.45) is 2.47. The topological polar surface area (TPSA) is 86.0 Å². The summed E-state index contributed by atoms with van der Waals surface area (Å²) in [4.78, 5) is 13.9. The van der Waals surface area contributed by atoms with Crippen molar-refractivity contribution in [1.29, 1.82) is 0 Å². The quantitative estimate of drug-likeness (QED) is 0.499. The maximum absolute atomic E-state index is 12.4. The fourth-order valence-corrected chi connectivity index (χ4v) is 2.92. The molecule has 0 N–H and O–H groups in total. The zero-order valence-electron chi connectivity index (χ0n) is 14.6. The predicted molar refractivity (Wildman–Crippen MR) is 96.7 cm³/mol. The molecule has 2 aromatic rings. The molecule has 0 bridgehead atoms. The van der Waals surface area contributed by atoms with Crippen molar-refractivity contribution in [1.82, 2.24) is 4.90 Å². The third kappa shape index (κ3) is 5.67. The van der Waals surface area contributed by atoms with Gasteiger partial charge in [0.1, 0.15) is 11.1 Å². The molecule has 0 spiro atoms. The molecule has 9 heteroatoms. The van der Waals surface area contributed by atoms with Crippen LogP contribution in [0.4, 0.5) is 0 Å². The Kier molecular flexibility index (Phi) is 6.55. The second-order valence-electron chi connectivity index (χ2n) is 5.66. The van der Waals surface area contributed by atoms with Crippen LogP contribution in [0.5, 0.6) is 11.5 Å². The van der Waals surface area contributed by atoms with Gasteiger partial charge in [-0.15, -0.1) is 11.6 Å². The summed E-state index contributed by atoms with van der Waals surface area (Å²) < 4.78 is 38.3. The molecule has 1 aromatic heterocycles. The summed E-state index contributed by atoms with van der Waals surface area (Å²) in [6, 6.07) is 8.30. The predicted octanol–water partition coefficient (Wildman–Crippen LogP) is 2.78. The first-order valence-corrected chi connectivity index (χ1v) is 9.96. The molecular formula is C17H20ClNO6S. The van der Waals surface area contributed by atoms with Crippen molar-refractivity contribution in [2.75, 3.05) is 13.4 Å². The highest BCUT2D eigenvalue weighted by Crippen LogP contribution is 2.30. The van der Waals surface area contributed by atoms with Crippen LogP contribution in [0.1, 0.15) is 18.2 Å². The van der Waals surface area contributed by atoms with Crippen molar-refractivity contribution in [2.24, 2.45) is 0 Å². The van der Waals surface area contributed by atoms with Crippen LogP contribution in [0.25, 0.3) is 0 Å². The first-order valence-electron chi connectivity index (χ1n) is 7.71. The zero-order chi connectivity index (χ0) is 19.3. The Morgan fingerprint density at radius 2 is 2.00 bits per heavy atom. The lowest BCUT2D eigenvalue weighted by Crippen LogP contribution is -2.34. The minimum Gasteiger partial charge on any atom is -0.493 e. The van der Waals surface area contributed by atoms with Gasteiger partial charge < -0.3 is 18.2 Å². The number of hydrogen-bond acceptors (Lipinski definition) is 6. The highest BCUT2D eigenvalue weighted by Gasteiger charge is 2.21. The van der Waals surface area contributed by atoms with Crippen molar-refractivity contribution in [2.45, 2.75) is 25.4 Å². The van der Waals surface area contributed by atoms with E-state index in [1.165, 1.54) is 24.3 Å². The lowest BCUT2D eigenvalue weighted by atomic mass is 10.1. The number of amides is 1. The number of benzene rings is 1. The average Bonchev–Trinajstić information content (AvgIpc) is 3.05. The van der Waals surface area contributed by atoms with Gasteiger partial charge >= 0.3 is 10.1 Å². The summed E-state index contributed by atoms with van der Waals surface area (Å²) in [5.74, 6) is 0.659. The number of methoxy groups -OCH3 is 1. The van der Waals surface area contributed by atoms with E-state index >= 15 is 0 Å².